The van der Waals surface area contributed by atoms with Gasteiger partial charge in [0.1, 0.15) is 11.2 Å². The average molecular weight is 638 g/mol. The first-order valence-corrected chi connectivity index (χ1v) is 16.9. The van der Waals surface area contributed by atoms with Crippen LogP contribution in [0.15, 0.2) is 168 Å². The van der Waals surface area contributed by atoms with E-state index in [9.17, 15) is 0 Å². The first-order chi connectivity index (χ1) is 24.8. The molecule has 0 fully saturated rings. The summed E-state index contributed by atoms with van der Waals surface area (Å²) in [5, 5.41) is 9.39. The first-order valence-electron chi connectivity index (χ1n) is 16.9. The van der Waals surface area contributed by atoms with Crippen LogP contribution in [0.3, 0.4) is 0 Å². The molecule has 0 atom stereocenters. The van der Waals surface area contributed by atoms with Gasteiger partial charge in [0.05, 0.1) is 22.1 Å². The highest BCUT2D eigenvalue weighted by Crippen LogP contribution is 2.39. The molecule has 8 aromatic carbocycles. The van der Waals surface area contributed by atoms with Gasteiger partial charge in [-0.2, -0.15) is 0 Å². The molecule has 11 rings (SSSR count). The molecule has 0 N–H and O–H groups in total. The van der Waals surface area contributed by atoms with Crippen LogP contribution in [0.2, 0.25) is 0 Å². The Balaban J connectivity index is 0.976. The largest absolute Gasteiger partial charge is 0.456 e. The van der Waals surface area contributed by atoms with Crippen LogP contribution in [0.25, 0.3) is 104 Å². The van der Waals surface area contributed by atoms with Gasteiger partial charge in [-0.3, -0.25) is 9.97 Å². The molecule has 0 saturated heterocycles. The highest BCUT2D eigenvalue weighted by atomic mass is 16.3. The summed E-state index contributed by atoms with van der Waals surface area (Å²) in [6.07, 6.45) is 3.55. The van der Waals surface area contributed by atoms with Gasteiger partial charge in [0.2, 0.25) is 0 Å². The van der Waals surface area contributed by atoms with Crippen molar-refractivity contribution < 1.29 is 4.42 Å². The van der Waals surface area contributed by atoms with Gasteiger partial charge in [-0.15, -0.1) is 0 Å². The SMILES string of the molecule is c1ccc2c(c1)oc1cc3c(cc12)c1ccccc1n3-c1ccc(-c2ccc(-c3ccc4c(c3)c3ccccc3c3nccnc43)cc2)cc1. The van der Waals surface area contributed by atoms with E-state index in [0.717, 1.165) is 54.9 Å². The topological polar surface area (TPSA) is 43.9 Å². The number of para-hydroxylation sites is 2. The lowest BCUT2D eigenvalue weighted by Crippen LogP contribution is -1.93. The smallest absolute Gasteiger partial charge is 0.137 e. The van der Waals surface area contributed by atoms with Crippen LogP contribution in [0.1, 0.15) is 0 Å². The zero-order valence-electron chi connectivity index (χ0n) is 26.8. The summed E-state index contributed by atoms with van der Waals surface area (Å²) in [5.74, 6) is 0. The van der Waals surface area contributed by atoms with Gasteiger partial charge in [-0.25, -0.2) is 0 Å². The lowest BCUT2D eigenvalue weighted by molar-refractivity contribution is 0.669. The molecule has 0 aliphatic rings. The monoisotopic (exact) mass is 637 g/mol. The minimum atomic E-state index is 0.904. The number of hydrogen-bond acceptors (Lipinski definition) is 3. The highest BCUT2D eigenvalue weighted by molar-refractivity contribution is 6.23. The zero-order valence-corrected chi connectivity index (χ0v) is 26.8. The van der Waals surface area contributed by atoms with Crippen LogP contribution in [0, 0.1) is 0 Å². The van der Waals surface area contributed by atoms with Gasteiger partial charge in [0, 0.05) is 56.5 Å². The van der Waals surface area contributed by atoms with E-state index in [4.69, 9.17) is 9.40 Å². The Morgan fingerprint density at radius 3 is 1.70 bits per heavy atom. The molecule has 232 valence electrons. The normalized spacial score (nSPS) is 12.0. The maximum absolute atomic E-state index is 6.30. The minimum Gasteiger partial charge on any atom is -0.456 e. The van der Waals surface area contributed by atoms with Gasteiger partial charge in [0.15, 0.2) is 0 Å². The molecule has 11 aromatic rings. The average Bonchev–Trinajstić information content (AvgIpc) is 3.72. The Labute approximate surface area is 286 Å². The number of aromatic nitrogens is 3. The predicted octanol–water partition coefficient (Wildman–Crippen LogP) is 12.3. The Morgan fingerprint density at radius 1 is 0.360 bits per heavy atom. The molecule has 3 heterocycles. The van der Waals surface area contributed by atoms with Gasteiger partial charge in [0.25, 0.3) is 0 Å². The fourth-order valence-electron chi connectivity index (χ4n) is 7.93. The van der Waals surface area contributed by atoms with Crippen molar-refractivity contribution in [3.63, 3.8) is 0 Å². The van der Waals surface area contributed by atoms with E-state index in [1.807, 2.05) is 12.1 Å². The Hall–Kier alpha value is -6.78. The lowest BCUT2D eigenvalue weighted by atomic mass is 9.94. The van der Waals surface area contributed by atoms with Crippen LogP contribution in [-0.2, 0) is 0 Å². The third-order valence-electron chi connectivity index (χ3n) is 10.3. The summed E-state index contributed by atoms with van der Waals surface area (Å²) < 4.78 is 8.65. The summed E-state index contributed by atoms with van der Waals surface area (Å²) >= 11 is 0. The molecule has 0 radical (unpaired) electrons. The van der Waals surface area contributed by atoms with Crippen molar-refractivity contribution >= 4 is 76.3 Å². The molecule has 3 aromatic heterocycles. The van der Waals surface area contributed by atoms with Crippen molar-refractivity contribution in [2.24, 2.45) is 0 Å². The van der Waals surface area contributed by atoms with Gasteiger partial charge in [-0.1, -0.05) is 109 Å². The van der Waals surface area contributed by atoms with Crippen LogP contribution >= 0.6 is 0 Å². The standard InChI is InChI=1S/C46H27N3O/c1-2-10-36-33(7-1)38-25-31(19-22-37(38)46-45(36)47-23-24-48-46)30-15-13-28(14-16-30)29-17-20-32(21-18-29)49-41-11-5-3-8-34(41)39-26-40-35-9-4-6-12-43(35)50-44(40)27-42(39)49/h1-27H. The third kappa shape index (κ3) is 3.93. The molecule has 0 aliphatic heterocycles. The van der Waals surface area contributed by atoms with E-state index in [1.165, 1.54) is 49.3 Å². The van der Waals surface area contributed by atoms with Crippen molar-refractivity contribution in [2.45, 2.75) is 0 Å². The van der Waals surface area contributed by atoms with E-state index in [0.29, 0.717) is 0 Å². The second-order valence-corrected chi connectivity index (χ2v) is 13.0. The minimum absolute atomic E-state index is 0.904. The Kier molecular flexibility index (Phi) is 5.63. The molecule has 0 bridgehead atoms. The maximum atomic E-state index is 6.30. The van der Waals surface area contributed by atoms with Crippen molar-refractivity contribution in [3.8, 4) is 27.9 Å². The Bertz CT molecular complexity index is 3100. The lowest BCUT2D eigenvalue weighted by Gasteiger charge is -2.11. The number of rotatable bonds is 3. The van der Waals surface area contributed by atoms with E-state index in [-0.39, 0.29) is 0 Å². The van der Waals surface area contributed by atoms with Gasteiger partial charge >= 0.3 is 0 Å². The van der Waals surface area contributed by atoms with E-state index in [2.05, 4.69) is 149 Å². The molecule has 0 amide bonds. The van der Waals surface area contributed by atoms with Crippen LogP contribution < -0.4 is 0 Å². The molecule has 0 spiro atoms. The van der Waals surface area contributed by atoms with Gasteiger partial charge in [-0.05, 0) is 69.4 Å². The molecule has 0 aliphatic carbocycles. The number of fused-ring (bicyclic) bond motifs is 12. The van der Waals surface area contributed by atoms with Crippen LogP contribution in [-0.4, -0.2) is 14.5 Å². The maximum Gasteiger partial charge on any atom is 0.137 e. The zero-order chi connectivity index (χ0) is 32.8. The molecular weight excluding hydrogens is 611 g/mol. The van der Waals surface area contributed by atoms with Crippen LogP contribution in [0.5, 0.6) is 0 Å². The van der Waals surface area contributed by atoms with Crippen molar-refractivity contribution in [1.82, 2.24) is 14.5 Å². The summed E-state index contributed by atoms with van der Waals surface area (Å²) in [5.41, 5.74) is 11.9. The molecule has 50 heavy (non-hydrogen) atoms. The summed E-state index contributed by atoms with van der Waals surface area (Å²) in [7, 11) is 0. The Morgan fingerprint density at radius 2 is 0.940 bits per heavy atom. The molecule has 4 heteroatoms. The first kappa shape index (κ1) is 27.2. The summed E-state index contributed by atoms with van der Waals surface area (Å²) in [4.78, 5) is 9.39. The van der Waals surface area contributed by atoms with Crippen molar-refractivity contribution in [3.05, 3.63) is 164 Å². The fourth-order valence-corrected chi connectivity index (χ4v) is 7.93. The fraction of sp³-hybridized carbons (Fsp3) is 0. The van der Waals surface area contributed by atoms with E-state index >= 15 is 0 Å². The van der Waals surface area contributed by atoms with Crippen molar-refractivity contribution in [1.29, 1.82) is 0 Å². The molecule has 0 unspecified atom stereocenters. The molecular formula is C46H27N3O. The number of benzene rings is 8. The third-order valence-corrected chi connectivity index (χ3v) is 10.3. The second-order valence-electron chi connectivity index (χ2n) is 13.0. The number of nitrogens with zero attached hydrogens (tertiary/aromatic N) is 3. The van der Waals surface area contributed by atoms with Gasteiger partial charge < -0.3 is 8.98 Å². The quantitative estimate of drug-likeness (QED) is 0.181. The summed E-state index contributed by atoms with van der Waals surface area (Å²) in [6.45, 7) is 0. The molecule has 4 nitrogen and oxygen atoms in total. The van der Waals surface area contributed by atoms with Crippen molar-refractivity contribution in [2.75, 3.05) is 0 Å². The number of hydrogen-bond donors (Lipinski definition) is 0. The highest BCUT2D eigenvalue weighted by Gasteiger charge is 2.17. The molecule has 0 saturated carbocycles. The predicted molar refractivity (Wildman–Crippen MR) is 207 cm³/mol. The van der Waals surface area contributed by atoms with E-state index < -0.39 is 0 Å². The second kappa shape index (κ2) is 10.4. The number of furan rings is 1. The van der Waals surface area contributed by atoms with E-state index in [1.54, 1.807) is 12.4 Å². The van der Waals surface area contributed by atoms with Crippen LogP contribution in [0.4, 0.5) is 0 Å². The summed E-state index contributed by atoms with van der Waals surface area (Å²) in [6, 6.07) is 54.3.